The molecule has 7 heteroatoms. The summed E-state index contributed by atoms with van der Waals surface area (Å²) in [5, 5.41) is 8.59. The molecule has 0 aromatic carbocycles. The van der Waals surface area contributed by atoms with Gasteiger partial charge >= 0.3 is 0 Å². The van der Waals surface area contributed by atoms with Gasteiger partial charge in [-0.2, -0.15) is 0 Å². The summed E-state index contributed by atoms with van der Waals surface area (Å²) in [6, 6.07) is 2.04. The third-order valence-electron chi connectivity index (χ3n) is 5.32. The van der Waals surface area contributed by atoms with Gasteiger partial charge in [0.2, 0.25) is 0 Å². The van der Waals surface area contributed by atoms with Crippen molar-refractivity contribution in [1.29, 1.82) is 0 Å². The number of nitrogens with one attached hydrogen (secondary N) is 2. The van der Waals surface area contributed by atoms with Crippen molar-refractivity contribution in [1.82, 2.24) is 20.6 Å². The summed E-state index contributed by atoms with van der Waals surface area (Å²) in [5.74, 6) is -0.114. The van der Waals surface area contributed by atoms with E-state index in [4.69, 9.17) is 0 Å². The summed E-state index contributed by atoms with van der Waals surface area (Å²) in [6.45, 7) is 4.09. The molecule has 2 aliphatic carbocycles. The zero-order valence-electron chi connectivity index (χ0n) is 16.3. The molecule has 1 saturated carbocycles. The maximum Gasteiger partial charge on any atom is 0.270 e. The molecule has 2 aromatic heterocycles. The van der Waals surface area contributed by atoms with Crippen molar-refractivity contribution >= 4 is 23.2 Å². The van der Waals surface area contributed by atoms with Crippen LogP contribution in [0, 0.1) is 5.92 Å². The summed E-state index contributed by atoms with van der Waals surface area (Å²) >= 11 is 1.42. The molecule has 0 aliphatic heterocycles. The smallest absolute Gasteiger partial charge is 0.270 e. The Morgan fingerprint density at radius 3 is 2.71 bits per heavy atom. The zero-order valence-corrected chi connectivity index (χ0v) is 17.1. The first-order chi connectivity index (χ1) is 13.5. The Morgan fingerprint density at radius 1 is 1.18 bits per heavy atom. The van der Waals surface area contributed by atoms with Crippen LogP contribution in [0.4, 0.5) is 0 Å². The topological polar surface area (TPSA) is 84.0 Å². The first-order valence-electron chi connectivity index (χ1n) is 10.1. The lowest BCUT2D eigenvalue weighted by atomic mass is 9.95. The summed E-state index contributed by atoms with van der Waals surface area (Å²) in [5.41, 5.74) is 3.33. The summed E-state index contributed by atoms with van der Waals surface area (Å²) in [7, 11) is 0. The van der Waals surface area contributed by atoms with Crippen LogP contribution in [0.2, 0.25) is 0 Å². The summed E-state index contributed by atoms with van der Waals surface area (Å²) in [6.07, 6.45) is 8.07. The Bertz CT molecular complexity index is 888. The van der Waals surface area contributed by atoms with Crippen LogP contribution in [0.3, 0.4) is 0 Å². The second-order valence-electron chi connectivity index (χ2n) is 8.05. The highest BCUT2D eigenvalue weighted by molar-refractivity contribution is 7.09. The molecular formula is C21H26N4O2S. The Balaban J connectivity index is 1.48. The van der Waals surface area contributed by atoms with Gasteiger partial charge in [0, 0.05) is 23.3 Å². The molecule has 2 N–H and O–H groups in total. The zero-order chi connectivity index (χ0) is 19.7. The van der Waals surface area contributed by atoms with Gasteiger partial charge in [0.25, 0.3) is 11.8 Å². The SMILES string of the molecule is CC(C)[C@@H](NC(=O)c1cnc2c(c1)CCCC2)c1nc(C(=O)NC2CC2)cs1. The maximum atomic E-state index is 12.9. The van der Waals surface area contributed by atoms with Gasteiger partial charge in [-0.1, -0.05) is 13.8 Å². The minimum absolute atomic E-state index is 0.127. The van der Waals surface area contributed by atoms with Gasteiger partial charge < -0.3 is 10.6 Å². The Kier molecular flexibility index (Phi) is 5.44. The molecule has 2 heterocycles. The highest BCUT2D eigenvalue weighted by Crippen LogP contribution is 2.27. The predicted molar refractivity (Wildman–Crippen MR) is 109 cm³/mol. The molecule has 0 bridgehead atoms. The molecule has 0 spiro atoms. The van der Waals surface area contributed by atoms with E-state index in [9.17, 15) is 9.59 Å². The maximum absolute atomic E-state index is 12.9. The molecule has 0 saturated heterocycles. The van der Waals surface area contributed by atoms with Gasteiger partial charge in [-0.05, 0) is 56.1 Å². The van der Waals surface area contributed by atoms with Gasteiger partial charge in [0.15, 0.2) is 0 Å². The lowest BCUT2D eigenvalue weighted by molar-refractivity contribution is 0.0924. The average molecular weight is 399 g/mol. The normalized spacial score (nSPS) is 17.1. The van der Waals surface area contributed by atoms with Gasteiger partial charge in [-0.3, -0.25) is 14.6 Å². The number of aromatic nitrogens is 2. The minimum Gasteiger partial charge on any atom is -0.348 e. The van der Waals surface area contributed by atoms with Gasteiger partial charge in [-0.15, -0.1) is 11.3 Å². The molecule has 6 nitrogen and oxygen atoms in total. The van der Waals surface area contributed by atoms with Crippen LogP contribution in [0.15, 0.2) is 17.6 Å². The van der Waals surface area contributed by atoms with Crippen molar-refractivity contribution in [3.63, 3.8) is 0 Å². The molecule has 1 fully saturated rings. The second kappa shape index (κ2) is 7.99. The Labute approximate surface area is 169 Å². The number of hydrogen-bond donors (Lipinski definition) is 2. The highest BCUT2D eigenvalue weighted by Gasteiger charge is 2.27. The second-order valence-corrected chi connectivity index (χ2v) is 8.94. The number of carbonyl (C=O) groups is 2. The molecule has 0 unspecified atom stereocenters. The number of carbonyl (C=O) groups excluding carboxylic acids is 2. The monoisotopic (exact) mass is 398 g/mol. The molecule has 1 atom stereocenters. The third-order valence-corrected chi connectivity index (χ3v) is 6.25. The standard InChI is InChI=1S/C21H26N4O2S/c1-12(2)18(21-24-17(11-28-21)20(27)23-15-7-8-15)25-19(26)14-9-13-5-3-4-6-16(13)22-10-14/h9-12,15,18H,3-8H2,1-2H3,(H,23,27)(H,25,26)/t18-/m1/s1. The summed E-state index contributed by atoms with van der Waals surface area (Å²) in [4.78, 5) is 34.1. The molecular weight excluding hydrogens is 372 g/mol. The van der Waals surface area contributed by atoms with E-state index in [0.29, 0.717) is 17.3 Å². The fraction of sp³-hybridized carbons (Fsp3) is 0.524. The van der Waals surface area contributed by atoms with E-state index >= 15 is 0 Å². The van der Waals surface area contributed by atoms with E-state index in [1.807, 2.05) is 19.9 Å². The molecule has 28 heavy (non-hydrogen) atoms. The van der Waals surface area contributed by atoms with E-state index in [1.165, 1.54) is 23.3 Å². The number of hydrogen-bond acceptors (Lipinski definition) is 5. The molecule has 2 aromatic rings. The largest absolute Gasteiger partial charge is 0.348 e. The van der Waals surface area contributed by atoms with Crippen molar-refractivity contribution in [3.05, 3.63) is 45.2 Å². The van der Waals surface area contributed by atoms with Crippen LogP contribution in [-0.2, 0) is 12.8 Å². The number of rotatable bonds is 6. The van der Waals surface area contributed by atoms with Crippen LogP contribution in [0.5, 0.6) is 0 Å². The van der Waals surface area contributed by atoms with Crippen LogP contribution >= 0.6 is 11.3 Å². The molecule has 2 amide bonds. The third kappa shape index (κ3) is 4.24. The number of pyridine rings is 1. The number of thiazole rings is 1. The number of fused-ring (bicyclic) bond motifs is 1. The van der Waals surface area contributed by atoms with Crippen molar-refractivity contribution in [2.24, 2.45) is 5.92 Å². The lowest BCUT2D eigenvalue weighted by Gasteiger charge is -2.21. The molecule has 0 radical (unpaired) electrons. The van der Waals surface area contributed by atoms with Crippen LogP contribution in [-0.4, -0.2) is 27.8 Å². The fourth-order valence-corrected chi connectivity index (χ4v) is 4.49. The van der Waals surface area contributed by atoms with E-state index in [1.54, 1.807) is 11.6 Å². The predicted octanol–water partition coefficient (Wildman–Crippen LogP) is 3.44. The van der Waals surface area contributed by atoms with Gasteiger partial charge in [0.05, 0.1) is 11.6 Å². The van der Waals surface area contributed by atoms with E-state index in [0.717, 1.165) is 42.8 Å². The van der Waals surface area contributed by atoms with Crippen LogP contribution < -0.4 is 10.6 Å². The van der Waals surface area contributed by atoms with Crippen molar-refractivity contribution in [2.75, 3.05) is 0 Å². The fourth-order valence-electron chi connectivity index (χ4n) is 3.47. The van der Waals surface area contributed by atoms with E-state index in [2.05, 4.69) is 20.6 Å². The quantitative estimate of drug-likeness (QED) is 0.781. The van der Waals surface area contributed by atoms with Gasteiger partial charge in [-0.25, -0.2) is 4.98 Å². The highest BCUT2D eigenvalue weighted by atomic mass is 32.1. The number of amides is 2. The number of nitrogens with zero attached hydrogens (tertiary/aromatic N) is 2. The van der Waals surface area contributed by atoms with Crippen LogP contribution in [0.25, 0.3) is 0 Å². The Hall–Kier alpha value is -2.28. The summed E-state index contributed by atoms with van der Waals surface area (Å²) < 4.78 is 0. The van der Waals surface area contributed by atoms with Crippen molar-refractivity contribution in [3.8, 4) is 0 Å². The molecule has 2 aliphatic rings. The minimum atomic E-state index is -0.240. The van der Waals surface area contributed by atoms with Crippen molar-refractivity contribution < 1.29 is 9.59 Å². The first-order valence-corrected chi connectivity index (χ1v) is 10.9. The number of aryl methyl sites for hydroxylation is 2. The van der Waals surface area contributed by atoms with Gasteiger partial charge in [0.1, 0.15) is 10.7 Å². The van der Waals surface area contributed by atoms with Crippen molar-refractivity contribution in [2.45, 2.75) is 64.5 Å². The lowest BCUT2D eigenvalue weighted by Crippen LogP contribution is -2.32. The Morgan fingerprint density at radius 2 is 1.96 bits per heavy atom. The van der Waals surface area contributed by atoms with Crippen LogP contribution in [0.1, 0.15) is 82.7 Å². The first kappa shape index (κ1) is 19.1. The van der Waals surface area contributed by atoms with E-state index < -0.39 is 0 Å². The molecule has 4 rings (SSSR count). The molecule has 148 valence electrons. The van der Waals surface area contributed by atoms with E-state index in [-0.39, 0.29) is 23.8 Å². The average Bonchev–Trinajstić information content (AvgIpc) is 3.37.